The van der Waals surface area contributed by atoms with Crippen molar-refractivity contribution in [3.8, 4) is 5.75 Å². The first kappa shape index (κ1) is 13.5. The van der Waals surface area contributed by atoms with Gasteiger partial charge < -0.3 is 15.8 Å². The molecule has 0 radical (unpaired) electrons. The van der Waals surface area contributed by atoms with Crippen LogP contribution in [0.25, 0.3) is 0 Å². The zero-order valence-corrected chi connectivity index (χ0v) is 9.73. The Morgan fingerprint density at radius 2 is 1.94 bits per heavy atom. The summed E-state index contributed by atoms with van der Waals surface area (Å²) < 4.78 is 5.11. The van der Waals surface area contributed by atoms with Gasteiger partial charge in [0.25, 0.3) is 11.8 Å². The number of nitrogens with one attached hydrogen (secondary N) is 2. The lowest BCUT2D eigenvalue weighted by atomic mass is 10.2. The molecule has 0 bridgehead atoms. The van der Waals surface area contributed by atoms with Gasteiger partial charge in [-0.1, -0.05) is 12.1 Å². The van der Waals surface area contributed by atoms with Crippen LogP contribution >= 0.6 is 0 Å². The first-order valence-electron chi connectivity index (χ1n) is 5.07. The van der Waals surface area contributed by atoms with E-state index >= 15 is 0 Å². The van der Waals surface area contributed by atoms with Gasteiger partial charge in [-0.2, -0.15) is 0 Å². The van der Waals surface area contributed by atoms with Crippen LogP contribution in [0.15, 0.2) is 24.3 Å². The lowest BCUT2D eigenvalue weighted by Gasteiger charge is -2.08. The number of primary amides is 1. The molecule has 4 amide bonds. The number of hydrogen-bond donors (Lipinski definition) is 3. The summed E-state index contributed by atoms with van der Waals surface area (Å²) in [6.45, 7) is -0.391. The van der Waals surface area contributed by atoms with Gasteiger partial charge in [-0.25, -0.2) is 4.79 Å². The van der Waals surface area contributed by atoms with Crippen molar-refractivity contribution in [2.75, 3.05) is 13.7 Å². The first-order chi connectivity index (χ1) is 8.54. The normalized spacial score (nSPS) is 9.39. The number of hydrogen-bond acceptors (Lipinski definition) is 4. The van der Waals surface area contributed by atoms with Gasteiger partial charge in [-0.15, -0.1) is 0 Å². The lowest BCUT2D eigenvalue weighted by Crippen LogP contribution is -2.40. The summed E-state index contributed by atoms with van der Waals surface area (Å²) >= 11 is 0. The second-order valence-corrected chi connectivity index (χ2v) is 3.28. The molecule has 7 nitrogen and oxygen atoms in total. The number of carbonyl (C=O) groups is 3. The molecule has 0 aliphatic heterocycles. The Morgan fingerprint density at radius 1 is 1.28 bits per heavy atom. The topological polar surface area (TPSA) is 111 Å². The van der Waals surface area contributed by atoms with E-state index < -0.39 is 24.5 Å². The van der Waals surface area contributed by atoms with Gasteiger partial charge in [0, 0.05) is 7.05 Å². The van der Waals surface area contributed by atoms with Crippen LogP contribution in [0, 0.1) is 0 Å². The molecule has 0 unspecified atom stereocenters. The van der Waals surface area contributed by atoms with Crippen LogP contribution in [0.2, 0.25) is 0 Å². The fourth-order valence-electron chi connectivity index (χ4n) is 1.16. The number of urea groups is 1. The molecular formula is C11H13N3O4. The van der Waals surface area contributed by atoms with Gasteiger partial charge in [0.1, 0.15) is 5.75 Å². The number of nitrogens with two attached hydrogens (primary N) is 1. The molecule has 18 heavy (non-hydrogen) atoms. The van der Waals surface area contributed by atoms with Gasteiger partial charge in [-0.3, -0.25) is 14.9 Å². The van der Waals surface area contributed by atoms with Crippen LogP contribution in [-0.2, 0) is 4.79 Å². The number of carbonyl (C=O) groups excluding carboxylic acids is 3. The van der Waals surface area contributed by atoms with Gasteiger partial charge >= 0.3 is 6.03 Å². The third-order valence-corrected chi connectivity index (χ3v) is 1.99. The second-order valence-electron chi connectivity index (χ2n) is 3.28. The summed E-state index contributed by atoms with van der Waals surface area (Å²) in [5.41, 5.74) is 5.31. The molecule has 0 fully saturated rings. The molecule has 1 aromatic carbocycles. The molecular weight excluding hydrogens is 238 g/mol. The highest BCUT2D eigenvalue weighted by atomic mass is 16.5. The van der Waals surface area contributed by atoms with E-state index in [1.807, 2.05) is 5.32 Å². The van der Waals surface area contributed by atoms with Crippen molar-refractivity contribution in [1.29, 1.82) is 0 Å². The lowest BCUT2D eigenvalue weighted by molar-refractivity contribution is -0.122. The third-order valence-electron chi connectivity index (χ3n) is 1.99. The highest BCUT2D eigenvalue weighted by molar-refractivity contribution is 5.96. The van der Waals surface area contributed by atoms with Crippen LogP contribution in [0.1, 0.15) is 10.4 Å². The highest BCUT2D eigenvalue weighted by Crippen LogP contribution is 2.16. The predicted octanol–water partition coefficient (Wildman–Crippen LogP) is -0.380. The molecule has 0 saturated carbocycles. The Morgan fingerprint density at radius 3 is 2.56 bits per heavy atom. The van der Waals surface area contributed by atoms with Crippen LogP contribution in [-0.4, -0.2) is 31.5 Å². The smallest absolute Gasteiger partial charge is 0.321 e. The van der Waals surface area contributed by atoms with Crippen molar-refractivity contribution in [3.63, 3.8) is 0 Å². The number of amides is 4. The van der Waals surface area contributed by atoms with Crippen molar-refractivity contribution in [1.82, 2.24) is 10.6 Å². The summed E-state index contributed by atoms with van der Waals surface area (Å²) in [5.74, 6) is -1.09. The van der Waals surface area contributed by atoms with Crippen molar-refractivity contribution >= 4 is 17.8 Å². The number of para-hydroxylation sites is 1. The van der Waals surface area contributed by atoms with E-state index in [4.69, 9.17) is 10.5 Å². The molecule has 7 heteroatoms. The molecule has 96 valence electrons. The molecule has 0 atom stereocenters. The maximum absolute atomic E-state index is 11.3. The summed E-state index contributed by atoms with van der Waals surface area (Å²) in [5, 5.41) is 4.24. The van der Waals surface area contributed by atoms with Crippen LogP contribution < -0.4 is 21.1 Å². The van der Waals surface area contributed by atoms with E-state index in [1.165, 1.54) is 19.2 Å². The maximum atomic E-state index is 11.3. The molecule has 0 heterocycles. The minimum Gasteiger partial charge on any atom is -0.483 e. The van der Waals surface area contributed by atoms with E-state index in [9.17, 15) is 14.4 Å². The first-order valence-corrected chi connectivity index (χ1v) is 5.07. The zero-order valence-electron chi connectivity index (χ0n) is 9.73. The van der Waals surface area contributed by atoms with Crippen LogP contribution in [0.5, 0.6) is 5.75 Å². The van der Waals surface area contributed by atoms with Gasteiger partial charge in [-0.05, 0) is 12.1 Å². The van der Waals surface area contributed by atoms with E-state index in [1.54, 1.807) is 12.1 Å². The van der Waals surface area contributed by atoms with E-state index in [2.05, 4.69) is 5.32 Å². The molecule has 0 aliphatic carbocycles. The van der Waals surface area contributed by atoms with E-state index in [-0.39, 0.29) is 11.3 Å². The van der Waals surface area contributed by atoms with E-state index in [0.29, 0.717) is 0 Å². The average molecular weight is 251 g/mol. The van der Waals surface area contributed by atoms with Gasteiger partial charge in [0.2, 0.25) is 0 Å². The number of benzene rings is 1. The average Bonchev–Trinajstić information content (AvgIpc) is 2.36. The zero-order chi connectivity index (χ0) is 13.5. The summed E-state index contributed by atoms with van der Waals surface area (Å²) in [6, 6.07) is 5.61. The largest absolute Gasteiger partial charge is 0.483 e. The van der Waals surface area contributed by atoms with Crippen LogP contribution in [0.4, 0.5) is 4.79 Å². The minimum atomic E-state index is -0.655. The fourth-order valence-corrected chi connectivity index (χ4v) is 1.16. The number of ether oxygens (including phenoxy) is 1. The van der Waals surface area contributed by atoms with Crippen molar-refractivity contribution in [3.05, 3.63) is 29.8 Å². The van der Waals surface area contributed by atoms with Crippen molar-refractivity contribution < 1.29 is 19.1 Å². The molecule has 0 spiro atoms. The second kappa shape index (κ2) is 6.24. The molecule has 0 saturated heterocycles. The predicted molar refractivity (Wildman–Crippen MR) is 63.1 cm³/mol. The van der Waals surface area contributed by atoms with E-state index in [0.717, 1.165) is 0 Å². The number of imide groups is 1. The molecule has 0 aliphatic rings. The van der Waals surface area contributed by atoms with Crippen molar-refractivity contribution in [2.45, 2.75) is 0 Å². The molecule has 4 N–H and O–H groups in total. The van der Waals surface area contributed by atoms with Crippen LogP contribution in [0.3, 0.4) is 0 Å². The maximum Gasteiger partial charge on any atom is 0.321 e. The highest BCUT2D eigenvalue weighted by Gasteiger charge is 2.11. The monoisotopic (exact) mass is 251 g/mol. The molecule has 0 aromatic heterocycles. The Kier molecular flexibility index (Phi) is 4.67. The number of rotatable bonds is 4. The van der Waals surface area contributed by atoms with Gasteiger partial charge in [0.15, 0.2) is 6.61 Å². The fraction of sp³-hybridized carbons (Fsp3) is 0.182. The SMILES string of the molecule is CNC(=O)NC(=O)COc1ccccc1C(N)=O. The molecule has 1 rings (SSSR count). The summed E-state index contributed by atoms with van der Waals surface area (Å²) in [7, 11) is 1.38. The van der Waals surface area contributed by atoms with Crippen molar-refractivity contribution in [2.24, 2.45) is 5.73 Å². The Hall–Kier alpha value is -2.57. The minimum absolute atomic E-state index is 0.172. The Bertz CT molecular complexity index is 473. The third kappa shape index (κ3) is 3.78. The summed E-state index contributed by atoms with van der Waals surface area (Å²) in [6.07, 6.45) is 0. The summed E-state index contributed by atoms with van der Waals surface area (Å²) in [4.78, 5) is 33.2. The standard InChI is InChI=1S/C11H13N3O4/c1-13-11(17)14-9(15)6-18-8-5-3-2-4-7(8)10(12)16/h2-5H,6H2,1H3,(H2,12,16)(H2,13,14,15,17). The van der Waals surface area contributed by atoms with Gasteiger partial charge in [0.05, 0.1) is 5.56 Å². The Balaban J connectivity index is 2.61. The quantitative estimate of drug-likeness (QED) is 0.677. The Labute approximate surface area is 103 Å². The molecule has 1 aromatic rings.